The third kappa shape index (κ3) is 4.23. The van der Waals surface area contributed by atoms with Gasteiger partial charge in [0.05, 0.1) is 15.1 Å². The number of nitrogens with one attached hydrogen (secondary N) is 1. The second-order valence-electron chi connectivity index (χ2n) is 7.15. The van der Waals surface area contributed by atoms with Crippen molar-refractivity contribution in [1.29, 1.82) is 0 Å². The summed E-state index contributed by atoms with van der Waals surface area (Å²) in [5, 5.41) is 0. The average Bonchev–Trinajstić information content (AvgIpc) is 3.12. The molecule has 0 atom stereocenters. The molecule has 0 spiro atoms. The molecular formula is C21H21N3O4S2. The molecule has 9 heteroatoms. The van der Waals surface area contributed by atoms with Crippen LogP contribution in [0.2, 0.25) is 0 Å². The van der Waals surface area contributed by atoms with E-state index in [9.17, 15) is 18.0 Å². The first-order chi connectivity index (χ1) is 14.3. The van der Waals surface area contributed by atoms with Gasteiger partial charge in [0.1, 0.15) is 0 Å². The Morgan fingerprint density at radius 3 is 2.47 bits per heavy atom. The number of fused-ring (bicyclic) bond motifs is 1. The highest BCUT2D eigenvalue weighted by molar-refractivity contribution is 7.89. The lowest BCUT2D eigenvalue weighted by molar-refractivity contribution is -0.127. The molecule has 0 unspecified atom stereocenters. The van der Waals surface area contributed by atoms with Gasteiger partial charge in [0, 0.05) is 32.3 Å². The average molecular weight is 444 g/mol. The minimum absolute atomic E-state index is 0.133. The van der Waals surface area contributed by atoms with Gasteiger partial charge in [-0.05, 0) is 36.8 Å². The highest BCUT2D eigenvalue weighted by Gasteiger charge is 2.29. The molecule has 1 amide bonds. The number of H-pyrrole nitrogens is 1. The molecule has 1 aromatic heterocycles. The molecule has 0 aliphatic carbocycles. The molecule has 3 aromatic rings. The summed E-state index contributed by atoms with van der Waals surface area (Å²) in [6.45, 7) is 3.12. The molecule has 1 saturated heterocycles. The van der Waals surface area contributed by atoms with Crippen LogP contribution in [0.4, 0.5) is 0 Å². The van der Waals surface area contributed by atoms with Crippen LogP contribution < -0.4 is 4.87 Å². The molecular weight excluding hydrogens is 422 g/mol. The van der Waals surface area contributed by atoms with E-state index in [-0.39, 0.29) is 28.8 Å². The number of thiazole rings is 1. The summed E-state index contributed by atoms with van der Waals surface area (Å²) in [5.41, 5.74) is 2.72. The van der Waals surface area contributed by atoms with Gasteiger partial charge in [-0.1, -0.05) is 41.2 Å². The third-order valence-electron chi connectivity index (χ3n) is 5.08. The maximum atomic E-state index is 13.0. The monoisotopic (exact) mass is 443 g/mol. The summed E-state index contributed by atoms with van der Waals surface area (Å²) in [5.74, 6) is -0.133. The van der Waals surface area contributed by atoms with Gasteiger partial charge in [0.25, 0.3) is 0 Å². The molecule has 0 bridgehead atoms. The highest BCUT2D eigenvalue weighted by atomic mass is 32.2. The van der Waals surface area contributed by atoms with Crippen LogP contribution in [-0.4, -0.2) is 54.7 Å². The van der Waals surface area contributed by atoms with Crippen molar-refractivity contribution in [3.8, 4) is 0 Å². The first-order valence-corrected chi connectivity index (χ1v) is 11.8. The zero-order valence-electron chi connectivity index (χ0n) is 16.4. The van der Waals surface area contributed by atoms with Crippen LogP contribution in [-0.2, 0) is 14.8 Å². The zero-order valence-corrected chi connectivity index (χ0v) is 18.0. The number of piperazine rings is 1. The van der Waals surface area contributed by atoms with Gasteiger partial charge in [0.15, 0.2) is 0 Å². The molecule has 2 heterocycles. The van der Waals surface area contributed by atoms with E-state index in [2.05, 4.69) is 4.98 Å². The van der Waals surface area contributed by atoms with Gasteiger partial charge in [-0.3, -0.25) is 9.59 Å². The molecule has 1 N–H and O–H groups in total. The van der Waals surface area contributed by atoms with E-state index in [1.165, 1.54) is 22.5 Å². The number of carbonyl (C=O) groups excluding carboxylic acids is 1. The van der Waals surface area contributed by atoms with Crippen LogP contribution in [0.15, 0.2) is 58.2 Å². The molecule has 0 saturated carbocycles. The van der Waals surface area contributed by atoms with Crippen molar-refractivity contribution in [2.24, 2.45) is 0 Å². The van der Waals surface area contributed by atoms with E-state index in [1.54, 1.807) is 17.0 Å². The normalized spacial score (nSPS) is 15.8. The Balaban J connectivity index is 1.42. The van der Waals surface area contributed by atoms with Crippen molar-refractivity contribution >= 4 is 43.6 Å². The standard InChI is InChI=1S/C21H21N3O4S2/c1-15-2-4-16(5-3-15)6-9-20(25)23-10-12-24(13-11-23)30(27,28)17-7-8-18-19(14-17)29-21(26)22-18/h2-9,14H,10-13H2,1H3,(H,22,26)/b9-6+. The Kier molecular flexibility index (Phi) is 5.59. The van der Waals surface area contributed by atoms with Crippen LogP contribution >= 0.6 is 11.3 Å². The lowest BCUT2D eigenvalue weighted by Gasteiger charge is -2.33. The quantitative estimate of drug-likeness (QED) is 0.627. The summed E-state index contributed by atoms with van der Waals surface area (Å²) in [6, 6.07) is 12.5. The highest BCUT2D eigenvalue weighted by Crippen LogP contribution is 2.23. The summed E-state index contributed by atoms with van der Waals surface area (Å²) in [6.07, 6.45) is 3.29. The van der Waals surface area contributed by atoms with E-state index in [1.807, 2.05) is 31.2 Å². The Labute approximate surface area is 178 Å². The number of nitrogens with zero attached hydrogens (tertiary/aromatic N) is 2. The Morgan fingerprint density at radius 1 is 1.07 bits per heavy atom. The Bertz CT molecular complexity index is 1270. The second-order valence-corrected chi connectivity index (χ2v) is 10.1. The number of benzene rings is 2. The Hall–Kier alpha value is -2.75. The maximum Gasteiger partial charge on any atom is 0.305 e. The molecule has 7 nitrogen and oxygen atoms in total. The first kappa shape index (κ1) is 20.5. The largest absolute Gasteiger partial charge is 0.337 e. The van der Waals surface area contributed by atoms with E-state index < -0.39 is 10.0 Å². The molecule has 156 valence electrons. The van der Waals surface area contributed by atoms with Crippen LogP contribution in [0.25, 0.3) is 16.3 Å². The van der Waals surface area contributed by atoms with Gasteiger partial charge in [0.2, 0.25) is 15.9 Å². The fourth-order valence-electron chi connectivity index (χ4n) is 3.33. The molecule has 4 rings (SSSR count). The number of hydrogen-bond donors (Lipinski definition) is 1. The topological polar surface area (TPSA) is 90.6 Å². The van der Waals surface area contributed by atoms with Gasteiger partial charge in [-0.15, -0.1) is 0 Å². The number of aromatic nitrogens is 1. The Morgan fingerprint density at radius 2 is 1.77 bits per heavy atom. The predicted molar refractivity (Wildman–Crippen MR) is 118 cm³/mol. The van der Waals surface area contributed by atoms with Crippen LogP contribution in [0, 0.1) is 6.92 Å². The number of rotatable bonds is 4. The first-order valence-electron chi connectivity index (χ1n) is 9.50. The number of aryl methyl sites for hydroxylation is 1. The SMILES string of the molecule is Cc1ccc(/C=C/C(=O)N2CCN(S(=O)(=O)c3ccc4[nH]c(=O)sc4c3)CC2)cc1. The summed E-state index contributed by atoms with van der Waals surface area (Å²) in [4.78, 5) is 28.2. The fourth-order valence-corrected chi connectivity index (χ4v) is 5.63. The van der Waals surface area contributed by atoms with Gasteiger partial charge >= 0.3 is 4.87 Å². The molecule has 30 heavy (non-hydrogen) atoms. The lowest BCUT2D eigenvalue weighted by Crippen LogP contribution is -2.50. The maximum absolute atomic E-state index is 13.0. The third-order valence-corrected chi connectivity index (χ3v) is 7.82. The van der Waals surface area contributed by atoms with Gasteiger partial charge in [-0.25, -0.2) is 8.42 Å². The minimum Gasteiger partial charge on any atom is -0.337 e. The zero-order chi connectivity index (χ0) is 21.3. The number of aromatic amines is 1. The second kappa shape index (κ2) is 8.17. The lowest BCUT2D eigenvalue weighted by atomic mass is 10.1. The smallest absolute Gasteiger partial charge is 0.305 e. The minimum atomic E-state index is -3.68. The van der Waals surface area contributed by atoms with Crippen LogP contribution in [0.3, 0.4) is 0 Å². The fraction of sp³-hybridized carbons (Fsp3) is 0.238. The summed E-state index contributed by atoms with van der Waals surface area (Å²) >= 11 is 0.983. The van der Waals surface area contributed by atoms with Crippen LogP contribution in [0.1, 0.15) is 11.1 Å². The molecule has 1 fully saturated rings. The summed E-state index contributed by atoms with van der Waals surface area (Å²) < 4.78 is 27.9. The van der Waals surface area contributed by atoms with Crippen molar-refractivity contribution in [1.82, 2.24) is 14.2 Å². The van der Waals surface area contributed by atoms with E-state index in [0.717, 1.165) is 22.5 Å². The van der Waals surface area contributed by atoms with Crippen molar-refractivity contribution < 1.29 is 13.2 Å². The number of carbonyl (C=O) groups is 1. The predicted octanol–water partition coefficient (Wildman–Crippen LogP) is 2.44. The number of amides is 1. The van der Waals surface area contributed by atoms with E-state index in [4.69, 9.17) is 0 Å². The van der Waals surface area contributed by atoms with Gasteiger partial charge < -0.3 is 9.88 Å². The van der Waals surface area contributed by atoms with Crippen molar-refractivity contribution in [2.75, 3.05) is 26.2 Å². The van der Waals surface area contributed by atoms with Crippen molar-refractivity contribution in [2.45, 2.75) is 11.8 Å². The molecule has 0 radical (unpaired) electrons. The van der Waals surface area contributed by atoms with E-state index >= 15 is 0 Å². The van der Waals surface area contributed by atoms with Crippen molar-refractivity contribution in [3.63, 3.8) is 0 Å². The summed E-state index contributed by atoms with van der Waals surface area (Å²) in [7, 11) is -3.68. The molecule has 1 aliphatic heterocycles. The van der Waals surface area contributed by atoms with Crippen molar-refractivity contribution in [3.05, 3.63) is 69.3 Å². The molecule has 1 aliphatic rings. The van der Waals surface area contributed by atoms with E-state index in [0.29, 0.717) is 23.3 Å². The molecule has 2 aromatic carbocycles. The van der Waals surface area contributed by atoms with Crippen LogP contribution in [0.5, 0.6) is 0 Å². The number of hydrogen-bond acceptors (Lipinski definition) is 5. The number of sulfonamides is 1. The van der Waals surface area contributed by atoms with Gasteiger partial charge in [-0.2, -0.15) is 4.31 Å².